The van der Waals surface area contributed by atoms with E-state index in [1.54, 1.807) is 0 Å². The number of nitrogens with one attached hydrogen (secondary N) is 2. The Labute approximate surface area is 123 Å². The van der Waals surface area contributed by atoms with E-state index in [0.29, 0.717) is 12.0 Å². The smallest absolute Gasteiger partial charge is 0.151 e. The fourth-order valence-electron chi connectivity index (χ4n) is 1.93. The molecule has 2 rings (SSSR count). The molecule has 21 heavy (non-hydrogen) atoms. The van der Waals surface area contributed by atoms with E-state index in [4.69, 9.17) is 0 Å². The van der Waals surface area contributed by atoms with Gasteiger partial charge in [-0.2, -0.15) is 0 Å². The predicted molar refractivity (Wildman–Crippen MR) is 83.8 cm³/mol. The van der Waals surface area contributed by atoms with Crippen LogP contribution in [0.4, 0.5) is 25.8 Å². The molecule has 5 heteroatoms. The molecular formula is C16H19F2N3. The largest absolute Gasteiger partial charge is 0.378 e. The summed E-state index contributed by atoms with van der Waals surface area (Å²) in [6, 6.07) is 10.2. The second-order valence-electron chi connectivity index (χ2n) is 4.98. The van der Waals surface area contributed by atoms with E-state index in [1.807, 2.05) is 50.2 Å². The van der Waals surface area contributed by atoms with Gasteiger partial charge < -0.3 is 10.3 Å². The Morgan fingerprint density at radius 3 is 2.00 bits per heavy atom. The lowest BCUT2D eigenvalue weighted by Crippen LogP contribution is -2.13. The summed E-state index contributed by atoms with van der Waals surface area (Å²) in [5.41, 5.74) is 7.60. The van der Waals surface area contributed by atoms with Gasteiger partial charge in [-0.1, -0.05) is 6.92 Å². The normalized spacial score (nSPS) is 10.3. The van der Waals surface area contributed by atoms with Crippen molar-refractivity contribution < 1.29 is 8.78 Å². The first-order valence-corrected chi connectivity index (χ1v) is 6.78. The summed E-state index contributed by atoms with van der Waals surface area (Å²) in [5, 5.41) is 0. The van der Waals surface area contributed by atoms with Gasteiger partial charge in [0.15, 0.2) is 11.6 Å². The van der Waals surface area contributed by atoms with Gasteiger partial charge >= 0.3 is 0 Å². The van der Waals surface area contributed by atoms with Crippen molar-refractivity contribution in [2.45, 2.75) is 13.3 Å². The van der Waals surface area contributed by atoms with Crippen LogP contribution in [0.5, 0.6) is 0 Å². The summed E-state index contributed by atoms with van der Waals surface area (Å²) in [6.07, 6.45) is 0.591. The van der Waals surface area contributed by atoms with Gasteiger partial charge in [-0.05, 0) is 48.4 Å². The minimum absolute atomic E-state index is 0.177. The maximum atomic E-state index is 13.8. The van der Waals surface area contributed by atoms with Gasteiger partial charge in [0.05, 0.1) is 5.69 Å². The average molecular weight is 291 g/mol. The third kappa shape index (κ3) is 3.62. The number of rotatable bonds is 5. The molecule has 0 radical (unpaired) electrons. The SMILES string of the molecule is CCc1cc(F)c(NNc2ccc(N(C)C)cc2)c(F)c1. The standard InChI is InChI=1S/C16H19F2N3/c1-4-11-9-14(17)16(15(18)10-11)20-19-12-5-7-13(8-6-12)21(2)3/h5-10,19-20H,4H2,1-3H3. The molecule has 0 fully saturated rings. The van der Waals surface area contributed by atoms with Gasteiger partial charge in [0, 0.05) is 19.8 Å². The van der Waals surface area contributed by atoms with Crippen LogP contribution in [0.25, 0.3) is 0 Å². The average Bonchev–Trinajstić information content (AvgIpc) is 2.46. The molecule has 112 valence electrons. The Bertz CT molecular complexity index is 586. The molecule has 0 aliphatic rings. The second kappa shape index (κ2) is 6.43. The van der Waals surface area contributed by atoms with Crippen molar-refractivity contribution in [1.29, 1.82) is 0 Å². The second-order valence-corrected chi connectivity index (χ2v) is 4.98. The first-order valence-electron chi connectivity index (χ1n) is 6.78. The molecule has 3 nitrogen and oxygen atoms in total. The van der Waals surface area contributed by atoms with Crippen LogP contribution in [0, 0.1) is 11.6 Å². The molecule has 0 aromatic heterocycles. The topological polar surface area (TPSA) is 27.3 Å². The van der Waals surface area contributed by atoms with E-state index < -0.39 is 11.6 Å². The number of anilines is 3. The summed E-state index contributed by atoms with van der Waals surface area (Å²) >= 11 is 0. The highest BCUT2D eigenvalue weighted by Gasteiger charge is 2.10. The van der Waals surface area contributed by atoms with Crippen molar-refractivity contribution in [3.05, 3.63) is 53.6 Å². The zero-order chi connectivity index (χ0) is 15.4. The molecule has 2 N–H and O–H groups in total. The van der Waals surface area contributed by atoms with Crippen molar-refractivity contribution in [3.63, 3.8) is 0 Å². The van der Waals surface area contributed by atoms with E-state index in [-0.39, 0.29) is 5.69 Å². The molecule has 2 aromatic rings. The maximum absolute atomic E-state index is 13.8. The van der Waals surface area contributed by atoms with E-state index in [9.17, 15) is 8.78 Å². The fourth-order valence-corrected chi connectivity index (χ4v) is 1.93. The maximum Gasteiger partial charge on any atom is 0.151 e. The number of hydrogen-bond donors (Lipinski definition) is 2. The quantitative estimate of drug-likeness (QED) is 0.814. The van der Waals surface area contributed by atoms with Crippen LogP contribution in [-0.2, 0) is 6.42 Å². The number of hydrogen-bond acceptors (Lipinski definition) is 3. The number of benzene rings is 2. The summed E-state index contributed by atoms with van der Waals surface area (Å²) in [6.45, 7) is 1.85. The van der Waals surface area contributed by atoms with Crippen LogP contribution in [-0.4, -0.2) is 14.1 Å². The van der Waals surface area contributed by atoms with Crippen molar-refractivity contribution in [2.75, 3.05) is 29.8 Å². The van der Waals surface area contributed by atoms with Crippen molar-refractivity contribution in [1.82, 2.24) is 0 Å². The summed E-state index contributed by atoms with van der Waals surface area (Å²) in [7, 11) is 3.89. The van der Waals surface area contributed by atoms with Crippen LogP contribution in [0.15, 0.2) is 36.4 Å². The molecule has 0 heterocycles. The number of nitrogens with zero attached hydrogens (tertiary/aromatic N) is 1. The van der Waals surface area contributed by atoms with Crippen LogP contribution in [0.1, 0.15) is 12.5 Å². The highest BCUT2D eigenvalue weighted by Crippen LogP contribution is 2.22. The molecule has 0 bridgehead atoms. The molecule has 0 aliphatic heterocycles. The first-order chi connectivity index (χ1) is 10.0. The summed E-state index contributed by atoms with van der Waals surface area (Å²) in [4.78, 5) is 1.97. The van der Waals surface area contributed by atoms with Gasteiger partial charge in [-0.3, -0.25) is 5.43 Å². The highest BCUT2D eigenvalue weighted by atomic mass is 19.1. The third-order valence-corrected chi connectivity index (χ3v) is 3.23. The van der Waals surface area contributed by atoms with Gasteiger partial charge in [0.2, 0.25) is 0 Å². The number of hydrazine groups is 1. The van der Waals surface area contributed by atoms with Gasteiger partial charge in [0.1, 0.15) is 5.69 Å². The molecule has 0 aliphatic carbocycles. The fraction of sp³-hybridized carbons (Fsp3) is 0.250. The van der Waals surface area contributed by atoms with Gasteiger partial charge in [-0.15, -0.1) is 0 Å². The van der Waals surface area contributed by atoms with Crippen molar-refractivity contribution >= 4 is 17.1 Å². The van der Waals surface area contributed by atoms with E-state index in [0.717, 1.165) is 11.4 Å². The minimum Gasteiger partial charge on any atom is -0.378 e. The lowest BCUT2D eigenvalue weighted by Gasteiger charge is -2.15. The predicted octanol–water partition coefficient (Wildman–Crippen LogP) is 4.03. The summed E-state index contributed by atoms with van der Waals surface area (Å²) in [5.74, 6) is -1.21. The minimum atomic E-state index is -0.607. The van der Waals surface area contributed by atoms with Crippen LogP contribution < -0.4 is 15.8 Å². The molecular weight excluding hydrogens is 272 g/mol. The molecule has 0 spiro atoms. The number of aryl methyl sites for hydroxylation is 1. The Hall–Kier alpha value is -2.30. The Morgan fingerprint density at radius 2 is 1.52 bits per heavy atom. The van der Waals surface area contributed by atoms with Crippen LogP contribution in [0.2, 0.25) is 0 Å². The lowest BCUT2D eigenvalue weighted by molar-refractivity contribution is 0.586. The van der Waals surface area contributed by atoms with E-state index in [2.05, 4.69) is 10.9 Å². The van der Waals surface area contributed by atoms with E-state index >= 15 is 0 Å². The molecule has 0 unspecified atom stereocenters. The Balaban J connectivity index is 2.09. The zero-order valence-electron chi connectivity index (χ0n) is 12.4. The van der Waals surface area contributed by atoms with Gasteiger partial charge in [0.25, 0.3) is 0 Å². The monoisotopic (exact) mass is 291 g/mol. The Morgan fingerprint density at radius 1 is 0.952 bits per heavy atom. The molecule has 0 saturated heterocycles. The van der Waals surface area contributed by atoms with Gasteiger partial charge in [-0.25, -0.2) is 8.78 Å². The highest BCUT2D eigenvalue weighted by molar-refractivity contribution is 5.58. The zero-order valence-corrected chi connectivity index (χ0v) is 12.4. The van der Waals surface area contributed by atoms with E-state index in [1.165, 1.54) is 12.1 Å². The Kier molecular flexibility index (Phi) is 4.62. The van der Waals surface area contributed by atoms with Crippen LogP contribution in [0.3, 0.4) is 0 Å². The first kappa shape index (κ1) is 15.1. The third-order valence-electron chi connectivity index (χ3n) is 3.23. The molecule has 0 saturated carbocycles. The number of halogens is 2. The van der Waals surface area contributed by atoms with Crippen molar-refractivity contribution in [2.24, 2.45) is 0 Å². The lowest BCUT2D eigenvalue weighted by atomic mass is 10.1. The molecule has 0 amide bonds. The van der Waals surface area contributed by atoms with Crippen molar-refractivity contribution in [3.8, 4) is 0 Å². The molecule has 0 atom stereocenters. The van der Waals surface area contributed by atoms with Crippen LogP contribution >= 0.6 is 0 Å². The summed E-state index contributed by atoms with van der Waals surface area (Å²) < 4.78 is 27.6. The molecule has 2 aromatic carbocycles.